The molecule has 2 aromatic heterocycles. The molecule has 1 fully saturated rings. The summed E-state index contributed by atoms with van der Waals surface area (Å²) in [7, 11) is 0. The Morgan fingerprint density at radius 3 is 2.68 bits per heavy atom. The molecule has 0 spiro atoms. The van der Waals surface area contributed by atoms with Gasteiger partial charge < -0.3 is 16.4 Å². The lowest BCUT2D eigenvalue weighted by Crippen LogP contribution is -2.61. The maximum atomic E-state index is 11.4. The van der Waals surface area contributed by atoms with Gasteiger partial charge in [-0.3, -0.25) is 9.78 Å². The van der Waals surface area contributed by atoms with E-state index in [0.717, 1.165) is 30.9 Å². The molecule has 1 aliphatic rings. The molecule has 0 radical (unpaired) electrons. The number of anilines is 1. The van der Waals surface area contributed by atoms with Gasteiger partial charge in [0, 0.05) is 37.0 Å². The summed E-state index contributed by atoms with van der Waals surface area (Å²) in [6, 6.07) is 14.9. The molecule has 7 heteroatoms. The fraction of sp³-hybridized carbons (Fsp3) is 0.238. The Bertz CT molecular complexity index is 998. The molecule has 1 saturated heterocycles. The molecule has 3 aromatic rings. The Kier molecular flexibility index (Phi) is 4.75. The van der Waals surface area contributed by atoms with E-state index < -0.39 is 5.91 Å². The number of aryl methyl sites for hydroxylation is 1. The fourth-order valence-corrected chi connectivity index (χ4v) is 3.52. The van der Waals surface area contributed by atoms with Crippen LogP contribution in [0.2, 0.25) is 0 Å². The molecule has 1 aliphatic heterocycles. The van der Waals surface area contributed by atoms with Gasteiger partial charge in [-0.1, -0.05) is 18.2 Å². The molecule has 0 aliphatic carbocycles. The van der Waals surface area contributed by atoms with Gasteiger partial charge in [0.05, 0.1) is 16.8 Å². The second-order valence-corrected chi connectivity index (χ2v) is 7.16. The summed E-state index contributed by atoms with van der Waals surface area (Å²) in [5, 5.41) is 15.3. The largest absolute Gasteiger partial charge is 0.368 e. The smallest absolute Gasteiger partial charge is 0.248 e. The lowest BCUT2D eigenvalue weighted by Gasteiger charge is -2.43. The van der Waals surface area contributed by atoms with Crippen molar-refractivity contribution in [2.45, 2.75) is 12.3 Å². The number of rotatable bonds is 6. The number of pyridine rings is 1. The van der Waals surface area contributed by atoms with Crippen molar-refractivity contribution in [1.82, 2.24) is 20.5 Å². The SMILES string of the molecule is Cc1cccnc1C1(CNc2ccc(-c3cccc(C(N)=O)c3)nn2)CNC1. The molecule has 142 valence electrons. The van der Waals surface area contributed by atoms with Crippen molar-refractivity contribution < 1.29 is 4.79 Å². The molecule has 0 saturated carbocycles. The number of carbonyl (C=O) groups excluding carboxylic acids is 1. The van der Waals surface area contributed by atoms with Crippen molar-refractivity contribution in [3.05, 3.63) is 71.5 Å². The van der Waals surface area contributed by atoms with Crippen LogP contribution in [0.15, 0.2) is 54.7 Å². The van der Waals surface area contributed by atoms with Crippen LogP contribution >= 0.6 is 0 Å². The highest BCUT2D eigenvalue weighted by Gasteiger charge is 2.40. The average Bonchev–Trinajstić information content (AvgIpc) is 2.69. The third-order valence-electron chi connectivity index (χ3n) is 5.15. The summed E-state index contributed by atoms with van der Waals surface area (Å²) in [6.45, 7) is 4.58. The highest BCUT2D eigenvalue weighted by atomic mass is 16.1. The summed E-state index contributed by atoms with van der Waals surface area (Å²) in [6.07, 6.45) is 1.84. The second-order valence-electron chi connectivity index (χ2n) is 7.16. The third kappa shape index (κ3) is 3.44. The van der Waals surface area contributed by atoms with Crippen LogP contribution in [-0.2, 0) is 5.41 Å². The van der Waals surface area contributed by atoms with E-state index in [1.54, 1.807) is 18.2 Å². The number of benzene rings is 1. The molecule has 0 bridgehead atoms. The van der Waals surface area contributed by atoms with Crippen LogP contribution in [-0.4, -0.2) is 40.7 Å². The molecule has 3 heterocycles. The van der Waals surface area contributed by atoms with Gasteiger partial charge in [0.25, 0.3) is 0 Å². The first-order chi connectivity index (χ1) is 13.6. The number of nitrogens with one attached hydrogen (secondary N) is 2. The van der Waals surface area contributed by atoms with E-state index >= 15 is 0 Å². The monoisotopic (exact) mass is 374 g/mol. The van der Waals surface area contributed by atoms with Gasteiger partial charge in [0.15, 0.2) is 0 Å². The van der Waals surface area contributed by atoms with Crippen molar-refractivity contribution in [2.75, 3.05) is 25.0 Å². The van der Waals surface area contributed by atoms with E-state index in [9.17, 15) is 4.79 Å². The Morgan fingerprint density at radius 2 is 2.04 bits per heavy atom. The van der Waals surface area contributed by atoms with E-state index in [2.05, 4.69) is 38.8 Å². The van der Waals surface area contributed by atoms with Crippen molar-refractivity contribution in [3.63, 3.8) is 0 Å². The molecule has 7 nitrogen and oxygen atoms in total. The zero-order valence-electron chi connectivity index (χ0n) is 15.6. The van der Waals surface area contributed by atoms with E-state index in [0.29, 0.717) is 17.1 Å². The maximum absolute atomic E-state index is 11.4. The fourth-order valence-electron chi connectivity index (χ4n) is 3.52. The van der Waals surface area contributed by atoms with Gasteiger partial charge >= 0.3 is 0 Å². The van der Waals surface area contributed by atoms with Gasteiger partial charge in [0.1, 0.15) is 5.82 Å². The predicted molar refractivity (Wildman–Crippen MR) is 108 cm³/mol. The Morgan fingerprint density at radius 1 is 1.18 bits per heavy atom. The topological polar surface area (TPSA) is 106 Å². The molecule has 1 aromatic carbocycles. The van der Waals surface area contributed by atoms with Crippen LogP contribution in [0.25, 0.3) is 11.3 Å². The van der Waals surface area contributed by atoms with Gasteiger partial charge in [-0.2, -0.15) is 0 Å². The number of hydrogen-bond acceptors (Lipinski definition) is 6. The summed E-state index contributed by atoms with van der Waals surface area (Å²) in [5.41, 5.74) is 9.57. The summed E-state index contributed by atoms with van der Waals surface area (Å²) < 4.78 is 0. The molecule has 0 atom stereocenters. The summed E-state index contributed by atoms with van der Waals surface area (Å²) >= 11 is 0. The Labute approximate surface area is 163 Å². The average molecular weight is 374 g/mol. The molecular formula is C21H22N6O. The lowest BCUT2D eigenvalue weighted by molar-refractivity contribution is 0.100. The van der Waals surface area contributed by atoms with Gasteiger partial charge in [-0.05, 0) is 42.8 Å². The third-order valence-corrected chi connectivity index (χ3v) is 5.15. The van der Waals surface area contributed by atoms with Crippen LogP contribution in [0.1, 0.15) is 21.6 Å². The van der Waals surface area contributed by atoms with Crippen LogP contribution in [0.5, 0.6) is 0 Å². The quantitative estimate of drug-likeness (QED) is 0.608. The van der Waals surface area contributed by atoms with Gasteiger partial charge in [0.2, 0.25) is 5.91 Å². The van der Waals surface area contributed by atoms with Crippen molar-refractivity contribution in [3.8, 4) is 11.3 Å². The lowest BCUT2D eigenvalue weighted by atomic mass is 9.76. The van der Waals surface area contributed by atoms with Crippen LogP contribution in [0.3, 0.4) is 0 Å². The van der Waals surface area contributed by atoms with Crippen LogP contribution in [0, 0.1) is 6.92 Å². The number of carbonyl (C=O) groups is 1. The maximum Gasteiger partial charge on any atom is 0.248 e. The van der Waals surface area contributed by atoms with Crippen molar-refractivity contribution >= 4 is 11.7 Å². The standard InChI is InChI=1S/C21H22N6O/c1-14-4-3-9-24-19(14)21(11-23-12-21)13-25-18-8-7-17(26-27-18)15-5-2-6-16(10-15)20(22)28/h2-10,23H,11-13H2,1H3,(H2,22,28)(H,25,27). The molecule has 4 rings (SSSR count). The Hall–Kier alpha value is -3.32. The summed E-state index contributed by atoms with van der Waals surface area (Å²) in [5.74, 6) is 0.243. The minimum atomic E-state index is -0.461. The van der Waals surface area contributed by atoms with Crippen LogP contribution < -0.4 is 16.4 Å². The molecule has 1 amide bonds. The first-order valence-electron chi connectivity index (χ1n) is 9.18. The van der Waals surface area contributed by atoms with E-state index in [1.807, 2.05) is 30.5 Å². The first-order valence-corrected chi connectivity index (χ1v) is 9.18. The Balaban J connectivity index is 1.49. The summed E-state index contributed by atoms with van der Waals surface area (Å²) in [4.78, 5) is 16.0. The highest BCUT2D eigenvalue weighted by Crippen LogP contribution is 2.29. The van der Waals surface area contributed by atoms with E-state index in [4.69, 9.17) is 5.73 Å². The van der Waals surface area contributed by atoms with Gasteiger partial charge in [-0.15, -0.1) is 10.2 Å². The molecular weight excluding hydrogens is 352 g/mol. The van der Waals surface area contributed by atoms with Crippen molar-refractivity contribution in [2.24, 2.45) is 5.73 Å². The number of hydrogen-bond donors (Lipinski definition) is 3. The molecule has 0 unspecified atom stereocenters. The minimum Gasteiger partial charge on any atom is -0.368 e. The van der Waals surface area contributed by atoms with E-state index in [1.165, 1.54) is 5.56 Å². The zero-order valence-corrected chi connectivity index (χ0v) is 15.6. The highest BCUT2D eigenvalue weighted by molar-refractivity contribution is 5.93. The van der Waals surface area contributed by atoms with Crippen molar-refractivity contribution in [1.29, 1.82) is 0 Å². The number of nitrogens with zero attached hydrogens (tertiary/aromatic N) is 3. The minimum absolute atomic E-state index is 0.0402. The number of amides is 1. The van der Waals surface area contributed by atoms with Gasteiger partial charge in [-0.25, -0.2) is 0 Å². The zero-order chi connectivity index (χ0) is 19.6. The normalized spacial score (nSPS) is 14.9. The number of nitrogens with two attached hydrogens (primary N) is 1. The van der Waals surface area contributed by atoms with Crippen LogP contribution in [0.4, 0.5) is 5.82 Å². The van der Waals surface area contributed by atoms with E-state index in [-0.39, 0.29) is 5.41 Å². The predicted octanol–water partition coefficient (Wildman–Crippen LogP) is 1.90. The molecule has 4 N–H and O–H groups in total. The number of primary amides is 1. The molecule has 28 heavy (non-hydrogen) atoms. The first kappa shape index (κ1) is 18.1. The second kappa shape index (κ2) is 7.36. The number of aromatic nitrogens is 3.